The van der Waals surface area contributed by atoms with Gasteiger partial charge in [0, 0.05) is 6.04 Å². The number of fused-ring (bicyclic) bond motifs is 1. The molecule has 1 fully saturated rings. The number of rotatable bonds is 5. The lowest BCUT2D eigenvalue weighted by Crippen LogP contribution is -2.38. The zero-order valence-electron chi connectivity index (χ0n) is 11.5. The highest BCUT2D eigenvalue weighted by Crippen LogP contribution is 2.24. The molecule has 0 amide bonds. The van der Waals surface area contributed by atoms with Crippen LogP contribution in [0.4, 0.5) is 0 Å². The van der Waals surface area contributed by atoms with Crippen LogP contribution in [0.1, 0.15) is 49.3 Å². The van der Waals surface area contributed by atoms with Crippen molar-refractivity contribution in [1.29, 1.82) is 0 Å². The highest BCUT2D eigenvalue weighted by molar-refractivity contribution is 5.35. The van der Waals surface area contributed by atoms with Gasteiger partial charge in [0.15, 0.2) is 0 Å². The molecule has 0 radical (unpaired) electrons. The Morgan fingerprint density at radius 1 is 1.17 bits per heavy atom. The third kappa shape index (κ3) is 2.77. The molecular weight excluding hydrogens is 218 g/mol. The summed E-state index contributed by atoms with van der Waals surface area (Å²) in [5.74, 6) is 0.755. The Morgan fingerprint density at radius 3 is 2.78 bits per heavy atom. The average Bonchev–Trinajstić information content (AvgIpc) is 2.74. The van der Waals surface area contributed by atoms with Crippen molar-refractivity contribution in [2.45, 2.75) is 57.9 Å². The summed E-state index contributed by atoms with van der Waals surface area (Å²) in [5, 5.41) is 3.69. The minimum absolute atomic E-state index is 0.755. The summed E-state index contributed by atoms with van der Waals surface area (Å²) >= 11 is 0. The Bertz CT molecular complexity index is 406. The molecule has 1 N–H and O–H groups in total. The molecule has 1 atom stereocenters. The lowest BCUT2D eigenvalue weighted by Gasteiger charge is -2.28. The highest BCUT2D eigenvalue weighted by Gasteiger charge is 2.17. The molecule has 18 heavy (non-hydrogen) atoms. The Balaban J connectivity index is 1.51. The molecular formula is C17H25N. The van der Waals surface area contributed by atoms with Crippen LogP contribution in [0.3, 0.4) is 0 Å². The summed E-state index contributed by atoms with van der Waals surface area (Å²) < 4.78 is 0. The molecule has 0 aromatic heterocycles. The summed E-state index contributed by atoms with van der Waals surface area (Å²) in [5.41, 5.74) is 4.75. The van der Waals surface area contributed by atoms with Crippen molar-refractivity contribution in [2.75, 3.05) is 6.54 Å². The van der Waals surface area contributed by atoms with Crippen molar-refractivity contribution in [2.24, 2.45) is 5.92 Å². The third-order valence-electron chi connectivity index (χ3n) is 4.61. The molecule has 1 aromatic rings. The molecule has 0 saturated heterocycles. The molecule has 1 heteroatoms. The van der Waals surface area contributed by atoms with Crippen LogP contribution in [0.15, 0.2) is 18.2 Å². The molecule has 98 valence electrons. The first-order chi connectivity index (χ1) is 8.81. The topological polar surface area (TPSA) is 12.0 Å². The van der Waals surface area contributed by atoms with Gasteiger partial charge in [0.1, 0.15) is 0 Å². The van der Waals surface area contributed by atoms with Crippen LogP contribution >= 0.6 is 0 Å². The molecule has 1 aromatic carbocycles. The molecule has 0 aliphatic heterocycles. The van der Waals surface area contributed by atoms with Gasteiger partial charge in [-0.2, -0.15) is 0 Å². The van der Waals surface area contributed by atoms with Gasteiger partial charge in [-0.1, -0.05) is 31.5 Å². The first-order valence-corrected chi connectivity index (χ1v) is 7.65. The quantitative estimate of drug-likeness (QED) is 0.834. The van der Waals surface area contributed by atoms with E-state index in [2.05, 4.69) is 30.4 Å². The summed E-state index contributed by atoms with van der Waals surface area (Å²) in [4.78, 5) is 0. The SMILES string of the molecule is CC(CNC1CCC1)Cc1ccc2c(c1)CCC2. The maximum absolute atomic E-state index is 3.69. The molecule has 1 nitrogen and oxygen atoms in total. The molecule has 3 rings (SSSR count). The Labute approximate surface area is 111 Å². The lowest BCUT2D eigenvalue weighted by molar-refractivity contribution is 0.320. The van der Waals surface area contributed by atoms with Gasteiger partial charge < -0.3 is 5.32 Å². The normalized spacial score (nSPS) is 20.5. The van der Waals surface area contributed by atoms with Gasteiger partial charge in [-0.25, -0.2) is 0 Å². The largest absolute Gasteiger partial charge is 0.314 e. The zero-order chi connectivity index (χ0) is 12.4. The van der Waals surface area contributed by atoms with Crippen LogP contribution in [0, 0.1) is 5.92 Å². The molecule has 0 heterocycles. The van der Waals surface area contributed by atoms with E-state index in [1.807, 2.05) is 0 Å². The second-order valence-corrected chi connectivity index (χ2v) is 6.30. The Morgan fingerprint density at radius 2 is 2.00 bits per heavy atom. The number of aryl methyl sites for hydroxylation is 2. The number of nitrogens with one attached hydrogen (secondary N) is 1. The predicted octanol–water partition coefficient (Wildman–Crippen LogP) is 3.50. The van der Waals surface area contributed by atoms with E-state index in [1.165, 1.54) is 51.5 Å². The van der Waals surface area contributed by atoms with Crippen LogP contribution in [0.2, 0.25) is 0 Å². The van der Waals surface area contributed by atoms with Crippen LogP contribution in [-0.2, 0) is 19.3 Å². The Kier molecular flexibility index (Phi) is 3.69. The molecule has 1 saturated carbocycles. The summed E-state index contributed by atoms with van der Waals surface area (Å²) in [6.45, 7) is 3.56. The predicted molar refractivity (Wildman–Crippen MR) is 77.0 cm³/mol. The summed E-state index contributed by atoms with van der Waals surface area (Å²) in [6, 6.07) is 8.00. The van der Waals surface area contributed by atoms with Crippen LogP contribution in [0.25, 0.3) is 0 Å². The average molecular weight is 243 g/mol. The van der Waals surface area contributed by atoms with Crippen LogP contribution in [-0.4, -0.2) is 12.6 Å². The van der Waals surface area contributed by atoms with Crippen molar-refractivity contribution in [3.05, 3.63) is 34.9 Å². The zero-order valence-corrected chi connectivity index (χ0v) is 11.5. The minimum atomic E-state index is 0.755. The molecule has 0 spiro atoms. The highest BCUT2D eigenvalue weighted by atomic mass is 14.9. The van der Waals surface area contributed by atoms with Crippen molar-refractivity contribution in [3.63, 3.8) is 0 Å². The van der Waals surface area contributed by atoms with E-state index in [0.29, 0.717) is 0 Å². The van der Waals surface area contributed by atoms with Gasteiger partial charge in [0.05, 0.1) is 0 Å². The van der Waals surface area contributed by atoms with E-state index in [4.69, 9.17) is 0 Å². The molecule has 1 unspecified atom stereocenters. The smallest absolute Gasteiger partial charge is 0.00671 e. The van der Waals surface area contributed by atoms with E-state index in [9.17, 15) is 0 Å². The first kappa shape index (κ1) is 12.2. The monoisotopic (exact) mass is 243 g/mol. The van der Waals surface area contributed by atoms with Crippen LogP contribution in [0.5, 0.6) is 0 Å². The van der Waals surface area contributed by atoms with Crippen molar-refractivity contribution in [1.82, 2.24) is 5.32 Å². The van der Waals surface area contributed by atoms with E-state index in [0.717, 1.165) is 12.0 Å². The van der Waals surface area contributed by atoms with Crippen molar-refractivity contribution < 1.29 is 0 Å². The fourth-order valence-corrected chi connectivity index (χ4v) is 3.21. The van der Waals surface area contributed by atoms with Crippen LogP contribution < -0.4 is 5.32 Å². The fourth-order valence-electron chi connectivity index (χ4n) is 3.21. The van der Waals surface area contributed by atoms with Gasteiger partial charge in [-0.05, 0) is 67.7 Å². The standard InChI is InChI=1S/C17H25N/c1-13(12-18-17-6-3-7-17)10-14-8-9-15-4-2-5-16(15)11-14/h8-9,11,13,17-18H,2-7,10,12H2,1H3. The van der Waals surface area contributed by atoms with E-state index >= 15 is 0 Å². The van der Waals surface area contributed by atoms with Gasteiger partial charge in [-0.15, -0.1) is 0 Å². The van der Waals surface area contributed by atoms with Crippen molar-refractivity contribution >= 4 is 0 Å². The first-order valence-electron chi connectivity index (χ1n) is 7.65. The maximum Gasteiger partial charge on any atom is 0.00671 e. The minimum Gasteiger partial charge on any atom is -0.314 e. The second-order valence-electron chi connectivity index (χ2n) is 6.30. The number of hydrogen-bond acceptors (Lipinski definition) is 1. The fraction of sp³-hybridized carbons (Fsp3) is 0.647. The summed E-state index contributed by atoms with van der Waals surface area (Å²) in [6.07, 6.45) is 9.41. The second kappa shape index (κ2) is 5.44. The van der Waals surface area contributed by atoms with Gasteiger partial charge in [0.2, 0.25) is 0 Å². The van der Waals surface area contributed by atoms with Gasteiger partial charge in [0.25, 0.3) is 0 Å². The third-order valence-corrected chi connectivity index (χ3v) is 4.61. The van der Waals surface area contributed by atoms with E-state index < -0.39 is 0 Å². The van der Waals surface area contributed by atoms with Gasteiger partial charge >= 0.3 is 0 Å². The summed E-state index contributed by atoms with van der Waals surface area (Å²) in [7, 11) is 0. The van der Waals surface area contributed by atoms with E-state index in [1.54, 1.807) is 16.7 Å². The van der Waals surface area contributed by atoms with Crippen molar-refractivity contribution in [3.8, 4) is 0 Å². The maximum atomic E-state index is 3.69. The van der Waals surface area contributed by atoms with E-state index in [-0.39, 0.29) is 0 Å². The lowest BCUT2D eigenvalue weighted by atomic mass is 9.92. The van der Waals surface area contributed by atoms with Gasteiger partial charge in [-0.3, -0.25) is 0 Å². The number of benzene rings is 1. The molecule has 2 aliphatic rings. The number of hydrogen-bond donors (Lipinski definition) is 1. The molecule has 0 bridgehead atoms. The molecule has 2 aliphatic carbocycles. The Hall–Kier alpha value is -0.820.